The number of nitrogens with one attached hydrogen (secondary N) is 2. The third-order valence-corrected chi connectivity index (χ3v) is 3.68. The molecule has 2 N–H and O–H groups in total. The van der Waals surface area contributed by atoms with Crippen LogP contribution in [0.3, 0.4) is 0 Å². The summed E-state index contributed by atoms with van der Waals surface area (Å²) in [6, 6.07) is 14.4. The van der Waals surface area contributed by atoms with Gasteiger partial charge in [0.1, 0.15) is 0 Å². The molecular weight excluding hydrogens is 298 g/mol. The van der Waals surface area contributed by atoms with Crippen LogP contribution in [0.5, 0.6) is 0 Å². The quantitative estimate of drug-likeness (QED) is 0.771. The number of H-pyrrole nitrogens is 1. The molecule has 1 aromatic heterocycles. The van der Waals surface area contributed by atoms with Crippen molar-refractivity contribution in [2.75, 3.05) is 5.32 Å². The summed E-state index contributed by atoms with van der Waals surface area (Å²) >= 11 is 6.20. The minimum absolute atomic E-state index is 0.157. The van der Waals surface area contributed by atoms with Gasteiger partial charge in [-0.3, -0.25) is 4.79 Å². The van der Waals surface area contributed by atoms with Gasteiger partial charge in [0.05, 0.1) is 23.1 Å². The van der Waals surface area contributed by atoms with Gasteiger partial charge in [-0.25, -0.2) is 0 Å². The van der Waals surface area contributed by atoms with Gasteiger partial charge in [0.2, 0.25) is 5.91 Å². The molecule has 0 aliphatic rings. The lowest BCUT2D eigenvalue weighted by Gasteiger charge is -2.05. The first kappa shape index (κ1) is 14.2. The predicted molar refractivity (Wildman–Crippen MR) is 86.8 cm³/mol. The maximum atomic E-state index is 12.2. The average Bonchev–Trinajstić information content (AvgIpc) is 2.91. The van der Waals surface area contributed by atoms with Crippen LogP contribution in [0.4, 0.5) is 5.69 Å². The van der Waals surface area contributed by atoms with Crippen molar-refractivity contribution >= 4 is 34.1 Å². The van der Waals surface area contributed by atoms with Gasteiger partial charge in [-0.15, -0.1) is 0 Å². The van der Waals surface area contributed by atoms with Crippen molar-refractivity contribution in [2.45, 2.75) is 6.42 Å². The lowest BCUT2D eigenvalue weighted by atomic mass is 10.1. The third kappa shape index (κ3) is 2.80. The van der Waals surface area contributed by atoms with Crippen LogP contribution < -0.4 is 5.32 Å². The van der Waals surface area contributed by atoms with Crippen molar-refractivity contribution in [3.63, 3.8) is 0 Å². The number of halogens is 1. The van der Waals surface area contributed by atoms with Crippen LogP contribution in [0.1, 0.15) is 11.1 Å². The zero-order valence-corrected chi connectivity index (χ0v) is 12.3. The van der Waals surface area contributed by atoms with Crippen molar-refractivity contribution < 1.29 is 4.79 Å². The van der Waals surface area contributed by atoms with E-state index in [-0.39, 0.29) is 12.3 Å². The van der Waals surface area contributed by atoms with Gasteiger partial charge in [-0.05, 0) is 35.9 Å². The standard InChI is InChI=1S/C17H12ClN3O/c18-14-5-2-6-15-17(14)12(10-20-15)8-16(22)21-13-4-1-3-11(7-13)9-19/h1-7,10,20H,8H2,(H,21,22). The smallest absolute Gasteiger partial charge is 0.228 e. The predicted octanol–water partition coefficient (Wildman–Crippen LogP) is 3.87. The van der Waals surface area contributed by atoms with Gasteiger partial charge in [0.15, 0.2) is 0 Å². The van der Waals surface area contributed by atoms with E-state index < -0.39 is 0 Å². The number of carbonyl (C=O) groups is 1. The third-order valence-electron chi connectivity index (χ3n) is 3.36. The number of hydrogen-bond donors (Lipinski definition) is 2. The van der Waals surface area contributed by atoms with Crippen LogP contribution in [0.2, 0.25) is 5.02 Å². The zero-order chi connectivity index (χ0) is 15.5. The molecule has 0 unspecified atom stereocenters. The van der Waals surface area contributed by atoms with Crippen molar-refractivity contribution in [2.24, 2.45) is 0 Å². The van der Waals surface area contributed by atoms with E-state index in [0.717, 1.165) is 16.5 Å². The highest BCUT2D eigenvalue weighted by Gasteiger charge is 2.11. The van der Waals surface area contributed by atoms with Crippen molar-refractivity contribution in [1.29, 1.82) is 5.26 Å². The molecule has 108 valence electrons. The molecule has 22 heavy (non-hydrogen) atoms. The number of fused-ring (bicyclic) bond motifs is 1. The number of benzene rings is 2. The van der Waals surface area contributed by atoms with Crippen molar-refractivity contribution in [3.05, 3.63) is 64.8 Å². The summed E-state index contributed by atoms with van der Waals surface area (Å²) < 4.78 is 0. The van der Waals surface area contributed by atoms with E-state index in [4.69, 9.17) is 16.9 Å². The van der Waals surface area contributed by atoms with Gasteiger partial charge in [0.25, 0.3) is 0 Å². The van der Waals surface area contributed by atoms with Crippen LogP contribution in [0.15, 0.2) is 48.7 Å². The first-order chi connectivity index (χ1) is 10.7. The molecule has 1 amide bonds. The topological polar surface area (TPSA) is 68.7 Å². The monoisotopic (exact) mass is 309 g/mol. The van der Waals surface area contributed by atoms with E-state index in [2.05, 4.69) is 10.3 Å². The second-order valence-electron chi connectivity index (χ2n) is 4.89. The number of aromatic nitrogens is 1. The summed E-state index contributed by atoms with van der Waals surface area (Å²) in [5.74, 6) is -0.157. The van der Waals surface area contributed by atoms with E-state index in [1.54, 1.807) is 36.5 Å². The number of rotatable bonds is 3. The minimum Gasteiger partial charge on any atom is -0.361 e. The van der Waals surface area contributed by atoms with E-state index >= 15 is 0 Å². The first-order valence-electron chi connectivity index (χ1n) is 6.72. The lowest BCUT2D eigenvalue weighted by molar-refractivity contribution is -0.115. The minimum atomic E-state index is -0.157. The van der Waals surface area contributed by atoms with Crippen LogP contribution >= 0.6 is 11.6 Å². The SMILES string of the molecule is N#Cc1cccc(NC(=O)Cc2c[nH]c3cccc(Cl)c23)c1. The molecule has 0 atom stereocenters. The molecule has 0 saturated carbocycles. The Morgan fingerprint density at radius 3 is 2.91 bits per heavy atom. The number of carbonyl (C=O) groups excluding carboxylic acids is 1. The maximum absolute atomic E-state index is 12.2. The fourth-order valence-corrected chi connectivity index (χ4v) is 2.69. The number of nitrogens with zero attached hydrogens (tertiary/aromatic N) is 1. The van der Waals surface area contributed by atoms with Gasteiger partial charge in [-0.2, -0.15) is 5.26 Å². The molecule has 0 saturated heterocycles. The fourth-order valence-electron chi connectivity index (χ4n) is 2.39. The molecule has 5 heteroatoms. The molecule has 2 aromatic carbocycles. The van der Waals surface area contributed by atoms with E-state index in [0.29, 0.717) is 16.3 Å². The highest BCUT2D eigenvalue weighted by atomic mass is 35.5. The summed E-state index contributed by atoms with van der Waals surface area (Å²) in [6.45, 7) is 0. The zero-order valence-electron chi connectivity index (χ0n) is 11.6. The Balaban J connectivity index is 1.80. The molecule has 0 radical (unpaired) electrons. The molecule has 0 bridgehead atoms. The van der Waals surface area contributed by atoms with Crippen molar-refractivity contribution in [3.8, 4) is 6.07 Å². The van der Waals surface area contributed by atoms with Gasteiger partial charge in [-0.1, -0.05) is 23.7 Å². The highest BCUT2D eigenvalue weighted by molar-refractivity contribution is 6.35. The fraction of sp³-hybridized carbons (Fsp3) is 0.0588. The molecule has 3 rings (SSSR count). The Kier molecular flexibility index (Phi) is 3.82. The molecule has 0 aliphatic carbocycles. The Hall–Kier alpha value is -2.77. The van der Waals surface area contributed by atoms with Gasteiger partial charge < -0.3 is 10.3 Å². The number of amides is 1. The summed E-state index contributed by atoms with van der Waals surface area (Å²) in [6.07, 6.45) is 2.00. The maximum Gasteiger partial charge on any atom is 0.228 e. The Morgan fingerprint density at radius 1 is 1.27 bits per heavy atom. The molecule has 1 heterocycles. The summed E-state index contributed by atoms with van der Waals surface area (Å²) in [5, 5.41) is 13.1. The van der Waals surface area contributed by atoms with E-state index in [1.165, 1.54) is 0 Å². The highest BCUT2D eigenvalue weighted by Crippen LogP contribution is 2.27. The second-order valence-corrected chi connectivity index (χ2v) is 5.30. The van der Waals surface area contributed by atoms with Crippen LogP contribution in [0, 0.1) is 11.3 Å². The van der Waals surface area contributed by atoms with Gasteiger partial charge >= 0.3 is 0 Å². The molecule has 0 aliphatic heterocycles. The Bertz CT molecular complexity index is 892. The summed E-state index contributed by atoms with van der Waals surface area (Å²) in [7, 11) is 0. The summed E-state index contributed by atoms with van der Waals surface area (Å²) in [4.78, 5) is 15.3. The van der Waals surface area contributed by atoms with Crippen LogP contribution in [0.25, 0.3) is 10.9 Å². The largest absolute Gasteiger partial charge is 0.361 e. The number of aromatic amines is 1. The lowest BCUT2D eigenvalue weighted by Crippen LogP contribution is -2.14. The Labute approximate surface area is 132 Å². The number of anilines is 1. The molecular formula is C17H12ClN3O. The summed E-state index contributed by atoms with van der Waals surface area (Å²) in [5.41, 5.74) is 2.86. The molecule has 4 nitrogen and oxygen atoms in total. The molecule has 0 fully saturated rings. The first-order valence-corrected chi connectivity index (χ1v) is 7.09. The van der Waals surface area contributed by atoms with Crippen LogP contribution in [-0.4, -0.2) is 10.9 Å². The van der Waals surface area contributed by atoms with Crippen LogP contribution in [-0.2, 0) is 11.2 Å². The second kappa shape index (κ2) is 5.92. The normalized spacial score (nSPS) is 10.4. The average molecular weight is 310 g/mol. The van der Waals surface area contributed by atoms with E-state index in [1.807, 2.05) is 18.2 Å². The molecule has 3 aromatic rings. The Morgan fingerprint density at radius 2 is 2.09 bits per heavy atom. The van der Waals surface area contributed by atoms with E-state index in [9.17, 15) is 4.79 Å². The van der Waals surface area contributed by atoms with Gasteiger partial charge in [0, 0.05) is 22.8 Å². The molecule has 0 spiro atoms. The number of nitriles is 1. The van der Waals surface area contributed by atoms with Crippen molar-refractivity contribution in [1.82, 2.24) is 4.98 Å². The number of hydrogen-bond acceptors (Lipinski definition) is 2.